The molecule has 3 heteroatoms. The van der Waals surface area contributed by atoms with Crippen molar-refractivity contribution < 1.29 is 14.6 Å². The summed E-state index contributed by atoms with van der Waals surface area (Å²) in [5.74, 6) is 0.0549. The van der Waals surface area contributed by atoms with Crippen LogP contribution in [0.4, 0.5) is 0 Å². The largest absolute Gasteiger partial charge is 0.396 e. The molecule has 1 rings (SSSR count). The van der Waals surface area contributed by atoms with Crippen LogP contribution in [0.3, 0.4) is 0 Å². The Balaban J connectivity index is 2.63. The summed E-state index contributed by atoms with van der Waals surface area (Å²) in [5, 5.41) is 8.84. The van der Waals surface area contributed by atoms with Crippen molar-refractivity contribution in [2.75, 3.05) is 13.7 Å². The molecule has 0 saturated heterocycles. The van der Waals surface area contributed by atoms with E-state index >= 15 is 0 Å². The second-order valence-electron chi connectivity index (χ2n) is 2.65. The third-order valence-corrected chi connectivity index (χ3v) is 1.92. The monoisotopic (exact) mass is 156 g/mol. The molecule has 0 aliphatic heterocycles. The highest BCUT2D eigenvalue weighted by atomic mass is 16.5. The first-order valence-electron chi connectivity index (χ1n) is 3.62. The Hall–Kier alpha value is -0.670. The number of rotatable bonds is 2. The lowest BCUT2D eigenvalue weighted by Crippen LogP contribution is -2.29. The molecule has 0 aromatic rings. The van der Waals surface area contributed by atoms with Gasteiger partial charge in [-0.3, -0.25) is 4.79 Å². The number of hydrogen-bond acceptors (Lipinski definition) is 3. The molecule has 62 valence electrons. The Labute approximate surface area is 65.7 Å². The van der Waals surface area contributed by atoms with Crippen LogP contribution in [0.25, 0.3) is 0 Å². The summed E-state index contributed by atoms with van der Waals surface area (Å²) in [6.45, 7) is 0.0439. The number of aliphatic hydroxyl groups is 1. The molecule has 0 spiro atoms. The fourth-order valence-electron chi connectivity index (χ4n) is 1.21. The SMILES string of the molecule is CO[C@H]1CC(=O)C=C[C@@H]1CO. The van der Waals surface area contributed by atoms with Crippen LogP contribution in [-0.4, -0.2) is 30.7 Å². The van der Waals surface area contributed by atoms with Gasteiger partial charge in [0.05, 0.1) is 12.7 Å². The van der Waals surface area contributed by atoms with Gasteiger partial charge in [0.15, 0.2) is 5.78 Å². The molecule has 0 aromatic carbocycles. The van der Waals surface area contributed by atoms with Gasteiger partial charge in [-0.1, -0.05) is 6.08 Å². The van der Waals surface area contributed by atoms with E-state index in [9.17, 15) is 4.79 Å². The van der Waals surface area contributed by atoms with E-state index < -0.39 is 0 Å². The molecule has 0 amide bonds. The van der Waals surface area contributed by atoms with Gasteiger partial charge in [0.1, 0.15) is 0 Å². The van der Waals surface area contributed by atoms with E-state index in [0.29, 0.717) is 6.42 Å². The highest BCUT2D eigenvalue weighted by Gasteiger charge is 2.24. The number of ketones is 1. The van der Waals surface area contributed by atoms with Crippen LogP contribution in [0.1, 0.15) is 6.42 Å². The molecule has 1 N–H and O–H groups in total. The molecule has 0 heterocycles. The van der Waals surface area contributed by atoms with Crippen LogP contribution >= 0.6 is 0 Å². The van der Waals surface area contributed by atoms with Crippen molar-refractivity contribution in [3.05, 3.63) is 12.2 Å². The molecule has 11 heavy (non-hydrogen) atoms. The molecule has 2 atom stereocenters. The maximum Gasteiger partial charge on any atom is 0.157 e. The van der Waals surface area contributed by atoms with E-state index in [-0.39, 0.29) is 24.4 Å². The van der Waals surface area contributed by atoms with Crippen molar-refractivity contribution in [3.8, 4) is 0 Å². The lowest BCUT2D eigenvalue weighted by atomic mass is 9.92. The van der Waals surface area contributed by atoms with Gasteiger partial charge < -0.3 is 9.84 Å². The zero-order chi connectivity index (χ0) is 8.27. The second kappa shape index (κ2) is 3.64. The maximum atomic E-state index is 10.8. The Morgan fingerprint density at radius 1 is 1.82 bits per heavy atom. The maximum absolute atomic E-state index is 10.8. The third-order valence-electron chi connectivity index (χ3n) is 1.92. The normalized spacial score (nSPS) is 30.9. The fourth-order valence-corrected chi connectivity index (χ4v) is 1.21. The number of methoxy groups -OCH3 is 1. The minimum atomic E-state index is -0.141. The number of carbonyl (C=O) groups is 1. The van der Waals surface area contributed by atoms with Crippen LogP contribution in [0.2, 0.25) is 0 Å². The standard InChI is InChI=1S/C8H12O3/c1-11-8-4-7(10)3-2-6(8)5-9/h2-3,6,8-9H,4-5H2,1H3/t6-,8+/m1/s1. The van der Waals surface area contributed by atoms with Gasteiger partial charge >= 0.3 is 0 Å². The van der Waals surface area contributed by atoms with Crippen LogP contribution in [0.5, 0.6) is 0 Å². The Kier molecular flexibility index (Phi) is 2.79. The molecular formula is C8H12O3. The van der Waals surface area contributed by atoms with Gasteiger partial charge in [0, 0.05) is 19.4 Å². The van der Waals surface area contributed by atoms with Crippen LogP contribution < -0.4 is 0 Å². The zero-order valence-electron chi connectivity index (χ0n) is 6.49. The molecule has 0 radical (unpaired) electrons. The van der Waals surface area contributed by atoms with Gasteiger partial charge in [-0.15, -0.1) is 0 Å². The van der Waals surface area contributed by atoms with E-state index in [1.165, 1.54) is 6.08 Å². The molecule has 0 saturated carbocycles. The lowest BCUT2D eigenvalue weighted by Gasteiger charge is -2.23. The van der Waals surface area contributed by atoms with Crippen molar-refractivity contribution in [1.82, 2.24) is 0 Å². The first-order valence-corrected chi connectivity index (χ1v) is 3.62. The quantitative estimate of drug-likeness (QED) is 0.618. The van der Waals surface area contributed by atoms with E-state index in [1.54, 1.807) is 13.2 Å². The van der Waals surface area contributed by atoms with E-state index in [0.717, 1.165) is 0 Å². The average molecular weight is 156 g/mol. The summed E-state index contributed by atoms with van der Waals surface area (Å²) < 4.78 is 5.03. The van der Waals surface area contributed by atoms with Gasteiger partial charge in [0.2, 0.25) is 0 Å². The van der Waals surface area contributed by atoms with E-state index in [1.807, 2.05) is 0 Å². The van der Waals surface area contributed by atoms with Crippen LogP contribution in [0, 0.1) is 5.92 Å². The fraction of sp³-hybridized carbons (Fsp3) is 0.625. The summed E-state index contributed by atoms with van der Waals surface area (Å²) in [7, 11) is 1.56. The van der Waals surface area contributed by atoms with Crippen LogP contribution in [-0.2, 0) is 9.53 Å². The Bertz CT molecular complexity index is 174. The molecule has 0 unspecified atom stereocenters. The average Bonchev–Trinajstić information content (AvgIpc) is 2.04. The molecule has 0 fully saturated rings. The third kappa shape index (κ3) is 1.88. The summed E-state index contributed by atoms with van der Waals surface area (Å²) in [6, 6.07) is 0. The molecular weight excluding hydrogens is 144 g/mol. The minimum absolute atomic E-state index is 0.0160. The van der Waals surface area contributed by atoms with Crippen LogP contribution in [0.15, 0.2) is 12.2 Å². The first kappa shape index (κ1) is 8.43. The van der Waals surface area contributed by atoms with Gasteiger partial charge in [-0.2, -0.15) is 0 Å². The summed E-state index contributed by atoms with van der Waals surface area (Å²) in [6.07, 6.45) is 3.46. The molecule has 1 aliphatic carbocycles. The molecule has 0 aromatic heterocycles. The van der Waals surface area contributed by atoms with Crippen molar-refractivity contribution in [3.63, 3.8) is 0 Å². The predicted octanol–water partition coefficient (Wildman–Crippen LogP) is 0.139. The van der Waals surface area contributed by atoms with Crippen molar-refractivity contribution in [2.45, 2.75) is 12.5 Å². The zero-order valence-corrected chi connectivity index (χ0v) is 6.49. The number of carbonyl (C=O) groups excluding carboxylic acids is 1. The van der Waals surface area contributed by atoms with E-state index in [4.69, 9.17) is 9.84 Å². The topological polar surface area (TPSA) is 46.5 Å². The second-order valence-corrected chi connectivity index (χ2v) is 2.65. The molecule has 1 aliphatic rings. The highest BCUT2D eigenvalue weighted by molar-refractivity contribution is 5.90. The van der Waals surface area contributed by atoms with Crippen molar-refractivity contribution in [1.29, 1.82) is 0 Å². The summed E-state index contributed by atoms with van der Waals surface area (Å²) in [5.41, 5.74) is 0. The lowest BCUT2D eigenvalue weighted by molar-refractivity contribution is -0.118. The number of ether oxygens (including phenoxy) is 1. The Morgan fingerprint density at radius 2 is 2.55 bits per heavy atom. The number of allylic oxidation sites excluding steroid dienone is 1. The smallest absolute Gasteiger partial charge is 0.157 e. The summed E-state index contributed by atoms with van der Waals surface area (Å²) in [4.78, 5) is 10.8. The van der Waals surface area contributed by atoms with Gasteiger partial charge in [-0.05, 0) is 6.08 Å². The number of aliphatic hydroxyl groups excluding tert-OH is 1. The Morgan fingerprint density at radius 3 is 3.09 bits per heavy atom. The van der Waals surface area contributed by atoms with Crippen molar-refractivity contribution in [2.24, 2.45) is 5.92 Å². The first-order chi connectivity index (χ1) is 5.27. The summed E-state index contributed by atoms with van der Waals surface area (Å²) >= 11 is 0. The van der Waals surface area contributed by atoms with Gasteiger partial charge in [-0.25, -0.2) is 0 Å². The number of hydrogen-bond donors (Lipinski definition) is 1. The van der Waals surface area contributed by atoms with E-state index in [2.05, 4.69) is 0 Å². The van der Waals surface area contributed by atoms with Gasteiger partial charge in [0.25, 0.3) is 0 Å². The minimum Gasteiger partial charge on any atom is -0.396 e. The predicted molar refractivity (Wildman–Crippen MR) is 40.1 cm³/mol. The highest BCUT2D eigenvalue weighted by Crippen LogP contribution is 2.17. The van der Waals surface area contributed by atoms with Crippen molar-refractivity contribution >= 4 is 5.78 Å². The molecule has 0 bridgehead atoms. The molecule has 3 nitrogen and oxygen atoms in total.